The molecule has 0 aliphatic carbocycles. The molecule has 0 radical (unpaired) electrons. The lowest BCUT2D eigenvalue weighted by Gasteiger charge is -2.41. The van der Waals surface area contributed by atoms with Gasteiger partial charge in [-0.1, -0.05) is 23.7 Å². The van der Waals surface area contributed by atoms with Gasteiger partial charge in [0.2, 0.25) is 5.95 Å². The monoisotopic (exact) mass is 482 g/mol. The Morgan fingerprint density at radius 1 is 1.03 bits per heavy atom. The van der Waals surface area contributed by atoms with Crippen LogP contribution in [-0.2, 0) is 4.74 Å². The molecule has 9 heteroatoms. The molecule has 1 aromatic carbocycles. The van der Waals surface area contributed by atoms with Crippen LogP contribution in [0.1, 0.15) is 12.5 Å². The lowest BCUT2D eigenvalue weighted by Crippen LogP contribution is -2.53. The van der Waals surface area contributed by atoms with Crippen LogP contribution >= 0.6 is 11.6 Å². The third-order valence-corrected chi connectivity index (χ3v) is 6.72. The highest BCUT2D eigenvalue weighted by Gasteiger charge is 2.28. The van der Waals surface area contributed by atoms with Crippen molar-refractivity contribution in [2.75, 3.05) is 60.6 Å². The van der Waals surface area contributed by atoms with Gasteiger partial charge in [0.05, 0.1) is 23.9 Å². The van der Waals surface area contributed by atoms with Gasteiger partial charge in [-0.3, -0.25) is 0 Å². The molecule has 1 atom stereocenters. The van der Waals surface area contributed by atoms with Gasteiger partial charge in [0, 0.05) is 56.6 Å². The summed E-state index contributed by atoms with van der Waals surface area (Å²) in [5.74, 6) is 2.06. The summed E-state index contributed by atoms with van der Waals surface area (Å²) in [5.41, 5.74) is 2.07. The van der Waals surface area contributed by atoms with Crippen molar-refractivity contribution >= 4 is 29.2 Å². The number of nitrogens with zero attached hydrogens (tertiary/aromatic N) is 6. The molecule has 178 valence electrons. The van der Waals surface area contributed by atoms with E-state index >= 15 is 0 Å². The average molecular weight is 483 g/mol. The third-order valence-electron chi connectivity index (χ3n) is 6.42. The Morgan fingerprint density at radius 3 is 2.59 bits per heavy atom. The predicted octanol–water partition coefficient (Wildman–Crippen LogP) is 4.19. The lowest BCUT2D eigenvalue weighted by atomic mass is 10.1. The first kappa shape index (κ1) is 22.8. The van der Waals surface area contributed by atoms with Gasteiger partial charge in [0.25, 0.3) is 0 Å². The number of hydrogen-bond acceptors (Lipinski definition) is 7. The van der Waals surface area contributed by atoms with E-state index in [1.165, 1.54) is 0 Å². The van der Waals surface area contributed by atoms with E-state index < -0.39 is 0 Å². The summed E-state index contributed by atoms with van der Waals surface area (Å²) in [7, 11) is 0. The van der Waals surface area contributed by atoms with E-state index in [0.717, 1.165) is 49.9 Å². The topological polar surface area (TPSA) is 57.6 Å². The second-order valence-corrected chi connectivity index (χ2v) is 9.18. The largest absolute Gasteiger partial charge is 0.378 e. The molecule has 0 unspecified atom stereocenters. The standard InChI is InChI=1S/C25H28ClFN6O/c1-17-5-6-19(14-21(17)27)22-15-23(30-25(29-22)31-10-12-34-13-11-31)33-9-8-32(16-18(33)2)24-20(26)4-3-7-28-24/h3-7,14-15,18H,8-13,16H2,1-2H3/t18-/m1/s1. The summed E-state index contributed by atoms with van der Waals surface area (Å²) >= 11 is 6.39. The summed E-state index contributed by atoms with van der Waals surface area (Å²) in [6, 6.07) is 11.1. The fourth-order valence-corrected chi connectivity index (χ4v) is 4.72. The normalized spacial score (nSPS) is 18.9. The number of anilines is 3. The molecule has 7 nitrogen and oxygen atoms in total. The second-order valence-electron chi connectivity index (χ2n) is 8.77. The zero-order valence-corrected chi connectivity index (χ0v) is 20.2. The summed E-state index contributed by atoms with van der Waals surface area (Å²) in [5, 5.41) is 0.656. The molecule has 0 saturated carbocycles. The van der Waals surface area contributed by atoms with Gasteiger partial charge in [-0.25, -0.2) is 14.4 Å². The van der Waals surface area contributed by atoms with Crippen LogP contribution in [0.15, 0.2) is 42.6 Å². The number of aryl methyl sites for hydroxylation is 1. The SMILES string of the molecule is Cc1ccc(-c2cc(N3CCN(c4ncccc4Cl)C[C@H]3C)nc(N3CCOCC3)n2)cc1F. The summed E-state index contributed by atoms with van der Waals surface area (Å²) in [6.45, 7) is 8.97. The quantitative estimate of drug-likeness (QED) is 0.552. The highest BCUT2D eigenvalue weighted by atomic mass is 35.5. The van der Waals surface area contributed by atoms with Crippen molar-refractivity contribution in [3.8, 4) is 11.3 Å². The Bertz CT molecular complexity index is 1170. The minimum absolute atomic E-state index is 0.168. The highest BCUT2D eigenvalue weighted by molar-refractivity contribution is 6.32. The van der Waals surface area contributed by atoms with Gasteiger partial charge >= 0.3 is 0 Å². The average Bonchev–Trinajstić information content (AvgIpc) is 2.86. The number of rotatable bonds is 4. The molecule has 0 N–H and O–H groups in total. The Morgan fingerprint density at radius 2 is 1.85 bits per heavy atom. The smallest absolute Gasteiger partial charge is 0.228 e. The first-order valence-electron chi connectivity index (χ1n) is 11.6. The first-order valence-corrected chi connectivity index (χ1v) is 12.0. The van der Waals surface area contributed by atoms with Crippen LogP contribution < -0.4 is 14.7 Å². The molecule has 2 aliphatic heterocycles. The Labute approximate surface area is 204 Å². The molecule has 2 saturated heterocycles. The van der Waals surface area contributed by atoms with E-state index in [1.807, 2.05) is 24.3 Å². The van der Waals surface area contributed by atoms with Crippen LogP contribution in [0.4, 0.5) is 22.0 Å². The van der Waals surface area contributed by atoms with Crippen LogP contribution in [0.2, 0.25) is 5.02 Å². The molecule has 0 bridgehead atoms. The Balaban J connectivity index is 1.47. The summed E-state index contributed by atoms with van der Waals surface area (Å²) < 4.78 is 19.9. The number of pyridine rings is 1. The number of morpholine rings is 1. The maximum atomic E-state index is 14.4. The summed E-state index contributed by atoms with van der Waals surface area (Å²) in [6.07, 6.45) is 1.77. The van der Waals surface area contributed by atoms with Crippen molar-refractivity contribution in [2.24, 2.45) is 0 Å². The fraction of sp³-hybridized carbons (Fsp3) is 0.400. The van der Waals surface area contributed by atoms with Crippen molar-refractivity contribution in [3.05, 3.63) is 59.0 Å². The molecule has 5 rings (SSSR count). The third kappa shape index (κ3) is 4.65. The van der Waals surface area contributed by atoms with E-state index in [9.17, 15) is 4.39 Å². The molecule has 0 amide bonds. The number of hydrogen-bond donors (Lipinski definition) is 0. The van der Waals surface area contributed by atoms with Crippen LogP contribution in [0, 0.1) is 12.7 Å². The molecular formula is C25H28ClFN6O. The molecule has 34 heavy (non-hydrogen) atoms. The number of aromatic nitrogens is 3. The second kappa shape index (κ2) is 9.72. The van der Waals surface area contributed by atoms with E-state index in [0.29, 0.717) is 35.4 Å². The van der Waals surface area contributed by atoms with Gasteiger partial charge in [-0.2, -0.15) is 4.98 Å². The van der Waals surface area contributed by atoms with E-state index in [2.05, 4.69) is 26.6 Å². The highest BCUT2D eigenvalue weighted by Crippen LogP contribution is 2.30. The number of ether oxygens (including phenoxy) is 1. The van der Waals surface area contributed by atoms with Crippen LogP contribution in [0.3, 0.4) is 0 Å². The van der Waals surface area contributed by atoms with Crippen LogP contribution in [0.5, 0.6) is 0 Å². The Kier molecular flexibility index (Phi) is 6.52. The minimum Gasteiger partial charge on any atom is -0.378 e. The molecule has 2 aromatic heterocycles. The maximum absolute atomic E-state index is 14.4. The van der Waals surface area contributed by atoms with Crippen molar-refractivity contribution in [1.29, 1.82) is 0 Å². The summed E-state index contributed by atoms with van der Waals surface area (Å²) in [4.78, 5) is 20.9. The molecule has 4 heterocycles. The van der Waals surface area contributed by atoms with Gasteiger partial charge < -0.3 is 19.4 Å². The number of piperazine rings is 1. The first-order chi connectivity index (χ1) is 16.5. The van der Waals surface area contributed by atoms with Gasteiger partial charge in [-0.05, 0) is 37.6 Å². The predicted molar refractivity (Wildman–Crippen MR) is 133 cm³/mol. The van der Waals surface area contributed by atoms with Gasteiger partial charge in [0.15, 0.2) is 0 Å². The molecule has 0 spiro atoms. The van der Waals surface area contributed by atoms with Crippen molar-refractivity contribution in [3.63, 3.8) is 0 Å². The van der Waals surface area contributed by atoms with E-state index in [1.54, 1.807) is 25.3 Å². The Hall–Kier alpha value is -2.97. The molecule has 2 aliphatic rings. The van der Waals surface area contributed by atoms with E-state index in [-0.39, 0.29) is 11.9 Å². The van der Waals surface area contributed by atoms with Crippen molar-refractivity contribution < 1.29 is 9.13 Å². The fourth-order valence-electron chi connectivity index (χ4n) is 4.47. The zero-order valence-electron chi connectivity index (χ0n) is 19.4. The zero-order chi connectivity index (χ0) is 23.7. The minimum atomic E-state index is -0.236. The van der Waals surface area contributed by atoms with Gasteiger partial charge in [0.1, 0.15) is 17.5 Å². The van der Waals surface area contributed by atoms with Crippen molar-refractivity contribution in [2.45, 2.75) is 19.9 Å². The molecule has 3 aromatic rings. The van der Waals surface area contributed by atoms with Crippen LogP contribution in [-0.4, -0.2) is 66.9 Å². The maximum Gasteiger partial charge on any atom is 0.228 e. The van der Waals surface area contributed by atoms with E-state index in [4.69, 9.17) is 26.3 Å². The van der Waals surface area contributed by atoms with Crippen molar-refractivity contribution in [1.82, 2.24) is 15.0 Å². The molecule has 2 fully saturated rings. The van der Waals surface area contributed by atoms with Crippen LogP contribution in [0.25, 0.3) is 11.3 Å². The molecular weight excluding hydrogens is 455 g/mol. The lowest BCUT2D eigenvalue weighted by molar-refractivity contribution is 0.122. The number of benzene rings is 1. The number of halogens is 2. The van der Waals surface area contributed by atoms with Gasteiger partial charge in [-0.15, -0.1) is 0 Å².